The summed E-state index contributed by atoms with van der Waals surface area (Å²) in [6.07, 6.45) is -0.894. The summed E-state index contributed by atoms with van der Waals surface area (Å²) in [4.78, 5) is 0. The Kier molecular flexibility index (Phi) is 8.87. The zero-order valence-corrected chi connectivity index (χ0v) is 6.77. The normalized spacial score (nSPS) is 13.7. The van der Waals surface area contributed by atoms with Gasteiger partial charge in [0.25, 0.3) is 10.1 Å². The first-order valence-corrected chi connectivity index (χ1v) is 4.79. The van der Waals surface area contributed by atoms with Crippen LogP contribution in [-0.4, -0.2) is 65.4 Å². The third-order valence-corrected chi connectivity index (χ3v) is 1.87. The van der Waals surface area contributed by atoms with E-state index >= 15 is 0 Å². The minimum absolute atomic E-state index is 0. The van der Waals surface area contributed by atoms with Gasteiger partial charge in [-0.3, -0.25) is 4.55 Å². The molecule has 0 aliphatic rings. The number of alkyl halides is 1. The average Bonchev–Trinajstić information content (AvgIpc) is 1.59. The van der Waals surface area contributed by atoms with Gasteiger partial charge in [-0.25, -0.2) is 0 Å². The van der Waals surface area contributed by atoms with Gasteiger partial charge in [-0.1, -0.05) is 0 Å². The molecule has 0 spiro atoms. The third kappa shape index (κ3) is 11.2. The second-order valence-corrected chi connectivity index (χ2v) is 3.76. The van der Waals surface area contributed by atoms with Gasteiger partial charge in [-0.2, -0.15) is 8.42 Å². The number of halogens is 1. The summed E-state index contributed by atoms with van der Waals surface area (Å²) in [5.74, 6) is -0.462. The molecule has 0 aromatic carbocycles. The maximum absolute atomic E-state index is 10.1. The Hall–Kier alpha value is 1.16. The molecule has 0 aliphatic heterocycles. The number of aliphatic hydroxyl groups excluding tert-OH is 1. The first-order chi connectivity index (χ1) is 4.45. The van der Waals surface area contributed by atoms with Crippen LogP contribution in [0.15, 0.2) is 0 Å². The molecule has 11 heavy (non-hydrogen) atoms. The van der Waals surface area contributed by atoms with Crippen molar-refractivity contribution < 1.29 is 18.1 Å². The van der Waals surface area contributed by atoms with Crippen LogP contribution >= 0.6 is 11.6 Å². The molecule has 0 bridgehead atoms. The summed E-state index contributed by atoms with van der Waals surface area (Å²) in [6, 6.07) is 0. The van der Waals surface area contributed by atoms with E-state index in [9.17, 15) is 8.42 Å². The molecular weight excluding hydrogens is 203 g/mol. The molecule has 0 aliphatic carbocycles. The van der Waals surface area contributed by atoms with Crippen LogP contribution in [0, 0.1) is 0 Å². The van der Waals surface area contributed by atoms with Crippen molar-refractivity contribution in [2.75, 3.05) is 11.6 Å². The number of rotatable bonds is 4. The second-order valence-electron chi connectivity index (χ2n) is 1.88. The molecule has 4 nitrogen and oxygen atoms in total. The van der Waals surface area contributed by atoms with Gasteiger partial charge in [0.2, 0.25) is 0 Å². The van der Waals surface area contributed by atoms with Gasteiger partial charge < -0.3 is 5.11 Å². The number of hydrogen-bond acceptors (Lipinski definition) is 3. The fourth-order valence-electron chi connectivity index (χ4n) is 0.452. The zero-order chi connectivity index (χ0) is 8.20. The summed E-state index contributed by atoms with van der Waals surface area (Å²) in [7, 11) is -4.05. The summed E-state index contributed by atoms with van der Waals surface area (Å²) >= 11 is 5.19. The Balaban J connectivity index is 0. The molecule has 7 heteroatoms. The minimum atomic E-state index is -4.05. The van der Waals surface area contributed by atoms with Crippen molar-refractivity contribution in [1.82, 2.24) is 0 Å². The topological polar surface area (TPSA) is 74.6 Å². The molecule has 0 aromatic rings. The quantitative estimate of drug-likeness (QED) is 0.364. The van der Waals surface area contributed by atoms with Gasteiger partial charge in [0.1, 0.15) is 5.75 Å². The van der Waals surface area contributed by atoms with Gasteiger partial charge in [-0.15, -0.1) is 11.6 Å². The van der Waals surface area contributed by atoms with E-state index in [4.69, 9.17) is 21.3 Å². The maximum atomic E-state index is 10.1. The van der Waals surface area contributed by atoms with E-state index in [0.29, 0.717) is 0 Å². The van der Waals surface area contributed by atoms with E-state index in [1.165, 1.54) is 0 Å². The van der Waals surface area contributed by atoms with Crippen molar-refractivity contribution in [3.8, 4) is 0 Å². The average molecular weight is 213 g/mol. The summed E-state index contributed by atoms with van der Waals surface area (Å²) in [5.41, 5.74) is 0. The van der Waals surface area contributed by atoms with Crippen molar-refractivity contribution in [2.24, 2.45) is 0 Å². The van der Waals surface area contributed by atoms with Gasteiger partial charge in [-0.05, 0) is 6.42 Å². The summed E-state index contributed by atoms with van der Waals surface area (Å²) < 4.78 is 28.3. The monoisotopic (exact) mass is 212 g/mol. The van der Waals surface area contributed by atoms with E-state index in [0.717, 1.165) is 0 Å². The van der Waals surface area contributed by atoms with Crippen molar-refractivity contribution in [3.05, 3.63) is 0 Å². The van der Waals surface area contributed by atoms with E-state index in [1.54, 1.807) is 0 Å². The Labute approximate surface area is 93.0 Å². The molecule has 0 radical (unpaired) electrons. The predicted molar refractivity (Wildman–Crippen MR) is 44.9 cm³/mol. The number of hydrogen-bond donors (Lipinski definition) is 2. The second kappa shape index (κ2) is 6.65. The zero-order valence-electron chi connectivity index (χ0n) is 5.20. The molecular formula is C4H10ClNaO4S. The van der Waals surface area contributed by atoms with Crippen LogP contribution in [0.4, 0.5) is 0 Å². The van der Waals surface area contributed by atoms with Crippen LogP contribution in [0.2, 0.25) is 0 Å². The molecule has 2 N–H and O–H groups in total. The molecule has 0 amide bonds. The summed E-state index contributed by atoms with van der Waals surface area (Å²) in [5, 5.41) is 8.76. The summed E-state index contributed by atoms with van der Waals surface area (Å²) in [6.45, 7) is 0. The Morgan fingerprint density at radius 3 is 2.18 bits per heavy atom. The van der Waals surface area contributed by atoms with Gasteiger partial charge in [0.15, 0.2) is 0 Å². The standard InChI is InChI=1S/C4H9ClO4S.Na.H/c5-2-1-4(6)3-10(7,8)9;;/h4,6H,1-3H2,(H,7,8,9);;. The van der Waals surface area contributed by atoms with Crippen molar-refractivity contribution in [1.29, 1.82) is 0 Å². The SMILES string of the molecule is O=S(=O)(O)CC(O)CCCl.[NaH]. The molecule has 0 fully saturated rings. The predicted octanol–water partition coefficient (Wildman–Crippen LogP) is -0.785. The van der Waals surface area contributed by atoms with Crippen LogP contribution in [0.1, 0.15) is 6.42 Å². The Morgan fingerprint density at radius 2 is 1.91 bits per heavy atom. The van der Waals surface area contributed by atoms with E-state index < -0.39 is 22.0 Å². The first kappa shape index (κ1) is 14.7. The molecule has 1 atom stereocenters. The van der Waals surface area contributed by atoms with E-state index in [-0.39, 0.29) is 41.9 Å². The van der Waals surface area contributed by atoms with E-state index in [1.807, 2.05) is 0 Å². The third-order valence-electron chi connectivity index (χ3n) is 0.845. The Bertz CT molecular complexity index is 181. The Morgan fingerprint density at radius 1 is 1.45 bits per heavy atom. The number of aliphatic hydroxyl groups is 1. The molecule has 0 saturated carbocycles. The molecule has 0 rings (SSSR count). The molecule has 0 saturated heterocycles. The van der Waals surface area contributed by atoms with Gasteiger partial charge in [0, 0.05) is 5.88 Å². The molecule has 0 heterocycles. The van der Waals surface area contributed by atoms with Crippen molar-refractivity contribution in [3.63, 3.8) is 0 Å². The van der Waals surface area contributed by atoms with Crippen LogP contribution < -0.4 is 0 Å². The van der Waals surface area contributed by atoms with Crippen LogP contribution in [0.3, 0.4) is 0 Å². The van der Waals surface area contributed by atoms with Crippen LogP contribution in [0.25, 0.3) is 0 Å². The molecule has 64 valence electrons. The van der Waals surface area contributed by atoms with Gasteiger partial charge >= 0.3 is 29.6 Å². The molecule has 0 aromatic heterocycles. The van der Waals surface area contributed by atoms with Crippen LogP contribution in [0.5, 0.6) is 0 Å². The van der Waals surface area contributed by atoms with Crippen molar-refractivity contribution in [2.45, 2.75) is 12.5 Å². The molecule has 1 unspecified atom stereocenters. The fourth-order valence-corrected chi connectivity index (χ4v) is 1.36. The fraction of sp³-hybridized carbons (Fsp3) is 1.00. The van der Waals surface area contributed by atoms with E-state index in [2.05, 4.69) is 0 Å². The van der Waals surface area contributed by atoms with Gasteiger partial charge in [0.05, 0.1) is 6.10 Å². The van der Waals surface area contributed by atoms with Crippen LogP contribution in [-0.2, 0) is 10.1 Å². The first-order valence-electron chi connectivity index (χ1n) is 2.65. The van der Waals surface area contributed by atoms with Crippen molar-refractivity contribution >= 4 is 51.3 Å².